The Hall–Kier alpha value is -1.02. The average molecular weight is 261 g/mol. The number of nitrogens with one attached hydrogen (secondary N) is 1. The van der Waals surface area contributed by atoms with Gasteiger partial charge < -0.3 is 10.2 Å². The van der Waals surface area contributed by atoms with Crippen molar-refractivity contribution >= 4 is 30.6 Å². The van der Waals surface area contributed by atoms with E-state index < -0.39 is 0 Å². The third kappa shape index (κ3) is 2.99. The molecule has 0 spiro atoms. The van der Waals surface area contributed by atoms with Crippen molar-refractivity contribution < 1.29 is 0 Å². The number of nitriles is 1. The maximum atomic E-state index is 8.72. The minimum absolute atomic E-state index is 0. The van der Waals surface area contributed by atoms with Crippen molar-refractivity contribution in [3.63, 3.8) is 0 Å². The molecule has 6 heteroatoms. The molecule has 0 unspecified atom stereocenters. The first-order valence-electron chi connectivity index (χ1n) is 4.62. The molecule has 0 aromatic carbocycles. The van der Waals surface area contributed by atoms with E-state index in [-0.39, 0.29) is 24.8 Å². The van der Waals surface area contributed by atoms with Gasteiger partial charge in [0.1, 0.15) is 5.82 Å². The maximum absolute atomic E-state index is 8.72. The van der Waals surface area contributed by atoms with Gasteiger partial charge in [0.25, 0.3) is 0 Å². The SMILES string of the molecule is CNC1CN(c2cc(C#N)ccn2)C1.Cl.Cl. The van der Waals surface area contributed by atoms with Crippen LogP contribution in [0.2, 0.25) is 0 Å². The topological polar surface area (TPSA) is 52.0 Å². The number of rotatable bonds is 2. The second-order valence-electron chi connectivity index (χ2n) is 3.41. The van der Waals surface area contributed by atoms with Crippen molar-refractivity contribution in [3.8, 4) is 6.07 Å². The van der Waals surface area contributed by atoms with Gasteiger partial charge in [0.05, 0.1) is 11.6 Å². The standard InChI is InChI=1S/C10H12N4.2ClH/c1-12-9-6-14(7-9)10-4-8(5-11)2-3-13-10;;/h2-4,9,12H,6-7H2,1H3;2*1H. The Labute approximate surface area is 107 Å². The Morgan fingerprint density at radius 1 is 1.50 bits per heavy atom. The Kier molecular flexibility index (Phi) is 6.12. The van der Waals surface area contributed by atoms with Crippen LogP contribution < -0.4 is 10.2 Å². The number of aromatic nitrogens is 1. The highest BCUT2D eigenvalue weighted by Crippen LogP contribution is 2.18. The molecule has 16 heavy (non-hydrogen) atoms. The fourth-order valence-corrected chi connectivity index (χ4v) is 1.51. The van der Waals surface area contributed by atoms with Gasteiger partial charge in [-0.2, -0.15) is 5.26 Å². The summed E-state index contributed by atoms with van der Waals surface area (Å²) < 4.78 is 0. The zero-order valence-corrected chi connectivity index (χ0v) is 10.5. The van der Waals surface area contributed by atoms with Gasteiger partial charge in [-0.25, -0.2) is 4.98 Å². The molecule has 1 aliphatic rings. The molecule has 0 amide bonds. The van der Waals surface area contributed by atoms with Crippen LogP contribution in [0.4, 0.5) is 5.82 Å². The molecule has 1 aromatic heterocycles. The molecule has 0 bridgehead atoms. The van der Waals surface area contributed by atoms with Gasteiger partial charge in [-0.3, -0.25) is 0 Å². The zero-order valence-electron chi connectivity index (χ0n) is 8.88. The molecule has 1 N–H and O–H groups in total. The van der Waals surface area contributed by atoms with Gasteiger partial charge in [-0.05, 0) is 19.2 Å². The number of nitrogens with zero attached hydrogens (tertiary/aromatic N) is 3. The smallest absolute Gasteiger partial charge is 0.129 e. The average Bonchev–Trinajstić information content (AvgIpc) is 2.17. The second-order valence-corrected chi connectivity index (χ2v) is 3.41. The quantitative estimate of drug-likeness (QED) is 0.869. The lowest BCUT2D eigenvalue weighted by molar-refractivity contribution is 0.447. The van der Waals surface area contributed by atoms with Gasteiger partial charge in [-0.1, -0.05) is 0 Å². The number of halogens is 2. The molecule has 1 aromatic rings. The number of hydrogen-bond donors (Lipinski definition) is 1. The zero-order chi connectivity index (χ0) is 9.97. The van der Waals surface area contributed by atoms with Crippen molar-refractivity contribution in [1.29, 1.82) is 5.26 Å². The summed E-state index contributed by atoms with van der Waals surface area (Å²) in [7, 11) is 1.96. The molecule has 0 aliphatic carbocycles. The summed E-state index contributed by atoms with van der Waals surface area (Å²) in [5.41, 5.74) is 0.669. The predicted molar refractivity (Wildman–Crippen MR) is 68.5 cm³/mol. The van der Waals surface area contributed by atoms with E-state index in [0.717, 1.165) is 18.9 Å². The number of anilines is 1. The van der Waals surface area contributed by atoms with E-state index in [1.807, 2.05) is 13.1 Å². The first-order valence-corrected chi connectivity index (χ1v) is 4.62. The summed E-state index contributed by atoms with van der Waals surface area (Å²) in [4.78, 5) is 6.38. The molecule has 1 fully saturated rings. The minimum atomic E-state index is 0. The minimum Gasteiger partial charge on any atom is -0.353 e. The number of pyridine rings is 1. The van der Waals surface area contributed by atoms with Gasteiger partial charge in [-0.15, -0.1) is 24.8 Å². The predicted octanol–water partition coefficient (Wildman–Crippen LogP) is 1.20. The lowest BCUT2D eigenvalue weighted by Gasteiger charge is -2.39. The molecular formula is C10H14Cl2N4. The fraction of sp³-hybridized carbons (Fsp3) is 0.400. The molecule has 0 atom stereocenters. The van der Waals surface area contributed by atoms with Gasteiger partial charge >= 0.3 is 0 Å². The van der Waals surface area contributed by atoms with Crippen LogP contribution in [-0.2, 0) is 0 Å². The van der Waals surface area contributed by atoms with Crippen LogP contribution >= 0.6 is 24.8 Å². The highest BCUT2D eigenvalue weighted by atomic mass is 35.5. The molecule has 0 saturated carbocycles. The van der Waals surface area contributed by atoms with Crippen LogP contribution in [0.3, 0.4) is 0 Å². The summed E-state index contributed by atoms with van der Waals surface area (Å²) in [6.07, 6.45) is 1.68. The molecule has 2 rings (SSSR count). The van der Waals surface area contributed by atoms with Crippen LogP contribution in [0.15, 0.2) is 18.3 Å². The van der Waals surface area contributed by atoms with E-state index in [2.05, 4.69) is 21.3 Å². The molecular weight excluding hydrogens is 247 g/mol. The molecule has 1 aliphatic heterocycles. The van der Waals surface area contributed by atoms with Gasteiger partial charge in [0, 0.05) is 25.3 Å². The first kappa shape index (κ1) is 15.0. The maximum Gasteiger partial charge on any atom is 0.129 e. The van der Waals surface area contributed by atoms with Crippen molar-refractivity contribution in [1.82, 2.24) is 10.3 Å². The van der Waals surface area contributed by atoms with E-state index in [0.29, 0.717) is 11.6 Å². The second kappa shape index (κ2) is 6.54. The third-order valence-electron chi connectivity index (χ3n) is 2.49. The number of likely N-dealkylation sites (N-methyl/N-ethyl adjacent to an activating group) is 1. The van der Waals surface area contributed by atoms with Gasteiger partial charge in [0.15, 0.2) is 0 Å². The third-order valence-corrected chi connectivity index (χ3v) is 2.49. The summed E-state index contributed by atoms with van der Waals surface area (Å²) in [6.45, 7) is 1.94. The van der Waals surface area contributed by atoms with Gasteiger partial charge in [0.2, 0.25) is 0 Å². The summed E-state index contributed by atoms with van der Waals surface area (Å²) >= 11 is 0. The van der Waals surface area contributed by atoms with Crippen LogP contribution in [0.5, 0.6) is 0 Å². The van der Waals surface area contributed by atoms with Crippen molar-refractivity contribution in [2.24, 2.45) is 0 Å². The molecule has 4 nitrogen and oxygen atoms in total. The van der Waals surface area contributed by atoms with Crippen LogP contribution in [0.25, 0.3) is 0 Å². The molecule has 2 heterocycles. The van der Waals surface area contributed by atoms with Crippen LogP contribution in [0.1, 0.15) is 5.56 Å². The van der Waals surface area contributed by atoms with Crippen molar-refractivity contribution in [3.05, 3.63) is 23.9 Å². The lowest BCUT2D eigenvalue weighted by atomic mass is 10.1. The van der Waals surface area contributed by atoms with Crippen molar-refractivity contribution in [2.75, 3.05) is 25.0 Å². The highest BCUT2D eigenvalue weighted by Gasteiger charge is 2.25. The Balaban J connectivity index is 0.00000112. The fourth-order valence-electron chi connectivity index (χ4n) is 1.51. The molecule has 0 radical (unpaired) electrons. The van der Waals surface area contributed by atoms with E-state index in [1.54, 1.807) is 12.3 Å². The summed E-state index contributed by atoms with van der Waals surface area (Å²) in [5, 5.41) is 11.9. The van der Waals surface area contributed by atoms with E-state index in [4.69, 9.17) is 5.26 Å². The van der Waals surface area contributed by atoms with Crippen LogP contribution in [-0.4, -0.2) is 31.2 Å². The van der Waals surface area contributed by atoms with Crippen LogP contribution in [0, 0.1) is 11.3 Å². The normalized spacial score (nSPS) is 14.1. The number of hydrogen-bond acceptors (Lipinski definition) is 4. The lowest BCUT2D eigenvalue weighted by Crippen LogP contribution is -2.57. The van der Waals surface area contributed by atoms with E-state index in [1.165, 1.54) is 0 Å². The van der Waals surface area contributed by atoms with Crippen molar-refractivity contribution in [2.45, 2.75) is 6.04 Å². The summed E-state index contributed by atoms with van der Waals surface area (Å²) in [6, 6.07) is 6.22. The molecule has 1 saturated heterocycles. The molecule has 88 valence electrons. The summed E-state index contributed by atoms with van der Waals surface area (Å²) in [5.74, 6) is 0.899. The van der Waals surface area contributed by atoms with E-state index in [9.17, 15) is 0 Å². The Morgan fingerprint density at radius 3 is 2.75 bits per heavy atom. The highest BCUT2D eigenvalue weighted by molar-refractivity contribution is 5.85. The first-order chi connectivity index (χ1) is 6.83. The largest absolute Gasteiger partial charge is 0.353 e. The Bertz CT molecular complexity index is 371. The monoisotopic (exact) mass is 260 g/mol. The van der Waals surface area contributed by atoms with E-state index >= 15 is 0 Å². The Morgan fingerprint density at radius 2 is 2.19 bits per heavy atom.